The molecular formula is C14H21N5O2. The number of aryl methyl sites for hydroxylation is 1. The molecule has 0 atom stereocenters. The molecule has 7 heteroatoms. The first-order chi connectivity index (χ1) is 10.2. The molecule has 2 aliphatic rings. The SMILES string of the molecule is CCc1nc(C(=O)N2CCC(NC(=O)C3CC3)CC2)n[nH]1. The van der Waals surface area contributed by atoms with E-state index in [1.54, 1.807) is 4.90 Å². The Hall–Kier alpha value is -1.92. The predicted molar refractivity (Wildman–Crippen MR) is 75.6 cm³/mol. The van der Waals surface area contributed by atoms with Crippen molar-refractivity contribution in [2.24, 2.45) is 5.92 Å². The van der Waals surface area contributed by atoms with Crippen LogP contribution in [0.4, 0.5) is 0 Å². The van der Waals surface area contributed by atoms with Crippen LogP contribution in [0.25, 0.3) is 0 Å². The van der Waals surface area contributed by atoms with Crippen LogP contribution in [-0.2, 0) is 11.2 Å². The molecule has 2 fully saturated rings. The highest BCUT2D eigenvalue weighted by Gasteiger charge is 2.32. The average molecular weight is 291 g/mol. The number of carbonyl (C=O) groups is 2. The topological polar surface area (TPSA) is 91.0 Å². The molecule has 2 heterocycles. The summed E-state index contributed by atoms with van der Waals surface area (Å²) >= 11 is 0. The molecule has 3 rings (SSSR count). The van der Waals surface area contributed by atoms with Crippen LogP contribution < -0.4 is 5.32 Å². The summed E-state index contributed by atoms with van der Waals surface area (Å²) in [5, 5.41) is 9.81. The van der Waals surface area contributed by atoms with Gasteiger partial charge in [-0.15, -0.1) is 5.10 Å². The molecule has 1 aromatic heterocycles. The fourth-order valence-electron chi connectivity index (χ4n) is 2.58. The largest absolute Gasteiger partial charge is 0.353 e. The van der Waals surface area contributed by atoms with Crippen LogP contribution in [0.15, 0.2) is 0 Å². The third kappa shape index (κ3) is 3.22. The monoisotopic (exact) mass is 291 g/mol. The Kier molecular flexibility index (Phi) is 3.90. The molecular weight excluding hydrogens is 270 g/mol. The highest BCUT2D eigenvalue weighted by Crippen LogP contribution is 2.29. The molecule has 114 valence electrons. The minimum atomic E-state index is -0.127. The van der Waals surface area contributed by atoms with Crippen molar-refractivity contribution in [3.63, 3.8) is 0 Å². The van der Waals surface area contributed by atoms with Crippen LogP contribution in [-0.4, -0.2) is 51.0 Å². The van der Waals surface area contributed by atoms with Crippen molar-refractivity contribution in [1.29, 1.82) is 0 Å². The maximum absolute atomic E-state index is 12.3. The van der Waals surface area contributed by atoms with E-state index >= 15 is 0 Å². The Morgan fingerprint density at radius 2 is 2.00 bits per heavy atom. The molecule has 0 radical (unpaired) electrons. The van der Waals surface area contributed by atoms with Crippen molar-refractivity contribution in [1.82, 2.24) is 25.4 Å². The Balaban J connectivity index is 1.50. The number of likely N-dealkylation sites (tertiary alicyclic amines) is 1. The lowest BCUT2D eigenvalue weighted by atomic mass is 10.0. The van der Waals surface area contributed by atoms with Gasteiger partial charge < -0.3 is 10.2 Å². The number of hydrogen-bond acceptors (Lipinski definition) is 4. The number of nitrogens with zero attached hydrogens (tertiary/aromatic N) is 3. The van der Waals surface area contributed by atoms with E-state index in [4.69, 9.17) is 0 Å². The van der Waals surface area contributed by atoms with E-state index in [0.717, 1.165) is 37.9 Å². The van der Waals surface area contributed by atoms with Crippen molar-refractivity contribution in [2.45, 2.75) is 45.1 Å². The molecule has 1 saturated carbocycles. The van der Waals surface area contributed by atoms with Crippen LogP contribution in [0.5, 0.6) is 0 Å². The lowest BCUT2D eigenvalue weighted by Gasteiger charge is -2.31. The number of hydrogen-bond donors (Lipinski definition) is 2. The summed E-state index contributed by atoms with van der Waals surface area (Å²) in [4.78, 5) is 29.9. The minimum absolute atomic E-state index is 0.127. The van der Waals surface area contributed by atoms with Crippen LogP contribution in [0.1, 0.15) is 49.1 Å². The van der Waals surface area contributed by atoms with Gasteiger partial charge in [0.1, 0.15) is 5.82 Å². The van der Waals surface area contributed by atoms with Gasteiger partial charge in [-0.3, -0.25) is 14.7 Å². The fraction of sp³-hybridized carbons (Fsp3) is 0.714. The highest BCUT2D eigenvalue weighted by atomic mass is 16.2. The van der Waals surface area contributed by atoms with Gasteiger partial charge in [0, 0.05) is 31.5 Å². The number of H-pyrrole nitrogens is 1. The predicted octanol–water partition coefficient (Wildman–Crippen LogP) is 0.498. The number of nitrogens with one attached hydrogen (secondary N) is 2. The van der Waals surface area contributed by atoms with E-state index in [-0.39, 0.29) is 29.6 Å². The summed E-state index contributed by atoms with van der Waals surface area (Å²) in [6, 6.07) is 0.195. The van der Waals surface area contributed by atoms with E-state index < -0.39 is 0 Å². The summed E-state index contributed by atoms with van der Waals surface area (Å²) in [7, 11) is 0. The summed E-state index contributed by atoms with van der Waals surface area (Å²) in [6.07, 6.45) is 4.38. The number of carbonyl (C=O) groups excluding carboxylic acids is 2. The van der Waals surface area contributed by atoms with Crippen LogP contribution in [0.3, 0.4) is 0 Å². The van der Waals surface area contributed by atoms with Gasteiger partial charge in [0.2, 0.25) is 11.7 Å². The van der Waals surface area contributed by atoms with Crippen molar-refractivity contribution >= 4 is 11.8 Å². The molecule has 2 amide bonds. The zero-order chi connectivity index (χ0) is 14.8. The first-order valence-corrected chi connectivity index (χ1v) is 7.68. The van der Waals surface area contributed by atoms with Gasteiger partial charge in [0.25, 0.3) is 5.91 Å². The molecule has 1 aromatic rings. The van der Waals surface area contributed by atoms with E-state index in [0.29, 0.717) is 13.1 Å². The van der Waals surface area contributed by atoms with Gasteiger partial charge in [0.15, 0.2) is 0 Å². The van der Waals surface area contributed by atoms with Crippen LogP contribution in [0, 0.1) is 5.92 Å². The third-order valence-corrected chi connectivity index (χ3v) is 4.13. The fourth-order valence-corrected chi connectivity index (χ4v) is 2.58. The first-order valence-electron chi connectivity index (χ1n) is 7.68. The summed E-state index contributed by atoms with van der Waals surface area (Å²) in [5.74, 6) is 1.27. The van der Waals surface area contributed by atoms with Crippen LogP contribution >= 0.6 is 0 Å². The second-order valence-electron chi connectivity index (χ2n) is 5.81. The molecule has 21 heavy (non-hydrogen) atoms. The zero-order valence-electron chi connectivity index (χ0n) is 12.3. The van der Waals surface area contributed by atoms with E-state index in [9.17, 15) is 9.59 Å². The van der Waals surface area contributed by atoms with E-state index in [1.807, 2.05) is 6.92 Å². The van der Waals surface area contributed by atoms with E-state index in [2.05, 4.69) is 20.5 Å². The number of aromatic nitrogens is 3. The summed E-state index contributed by atoms with van der Waals surface area (Å²) < 4.78 is 0. The van der Waals surface area contributed by atoms with Gasteiger partial charge >= 0.3 is 0 Å². The normalized spacial score (nSPS) is 19.6. The Labute approximate surface area is 123 Å². The first kappa shape index (κ1) is 14.0. The van der Waals surface area contributed by atoms with Crippen molar-refractivity contribution in [2.75, 3.05) is 13.1 Å². The number of aromatic amines is 1. The van der Waals surface area contributed by atoms with Gasteiger partial charge in [-0.1, -0.05) is 6.92 Å². The summed E-state index contributed by atoms with van der Waals surface area (Å²) in [6.45, 7) is 3.25. The minimum Gasteiger partial charge on any atom is -0.353 e. The number of rotatable bonds is 4. The van der Waals surface area contributed by atoms with E-state index in [1.165, 1.54) is 0 Å². The maximum atomic E-state index is 12.3. The van der Waals surface area contributed by atoms with Crippen molar-refractivity contribution < 1.29 is 9.59 Å². The standard InChI is InChI=1S/C14H21N5O2/c1-2-11-16-12(18-17-11)14(21)19-7-5-10(6-8-19)15-13(20)9-3-4-9/h9-10H,2-8H2,1H3,(H,15,20)(H,16,17,18). The number of amides is 2. The highest BCUT2D eigenvalue weighted by molar-refractivity contribution is 5.90. The Morgan fingerprint density at radius 1 is 1.29 bits per heavy atom. The second-order valence-corrected chi connectivity index (χ2v) is 5.81. The van der Waals surface area contributed by atoms with Crippen molar-refractivity contribution in [3.8, 4) is 0 Å². The molecule has 7 nitrogen and oxygen atoms in total. The Bertz CT molecular complexity index is 529. The average Bonchev–Trinajstić information content (AvgIpc) is 3.25. The zero-order valence-corrected chi connectivity index (χ0v) is 12.3. The van der Waals surface area contributed by atoms with Gasteiger partial charge in [-0.2, -0.15) is 0 Å². The lowest BCUT2D eigenvalue weighted by molar-refractivity contribution is -0.123. The molecule has 2 N–H and O–H groups in total. The molecule has 0 spiro atoms. The quantitative estimate of drug-likeness (QED) is 0.845. The molecule has 1 saturated heterocycles. The molecule has 1 aliphatic carbocycles. The maximum Gasteiger partial charge on any atom is 0.293 e. The third-order valence-electron chi connectivity index (χ3n) is 4.13. The Morgan fingerprint density at radius 3 is 2.57 bits per heavy atom. The van der Waals surface area contributed by atoms with Gasteiger partial charge in [-0.05, 0) is 25.7 Å². The number of piperidine rings is 1. The molecule has 0 aromatic carbocycles. The van der Waals surface area contributed by atoms with Gasteiger partial charge in [0.05, 0.1) is 0 Å². The molecule has 1 aliphatic heterocycles. The smallest absolute Gasteiger partial charge is 0.293 e. The molecule has 0 bridgehead atoms. The molecule has 0 unspecified atom stereocenters. The van der Waals surface area contributed by atoms with Crippen molar-refractivity contribution in [3.05, 3.63) is 11.6 Å². The second kappa shape index (κ2) is 5.83. The summed E-state index contributed by atoms with van der Waals surface area (Å²) in [5.41, 5.74) is 0. The van der Waals surface area contributed by atoms with Gasteiger partial charge in [-0.25, -0.2) is 4.98 Å². The lowest BCUT2D eigenvalue weighted by Crippen LogP contribution is -2.47. The van der Waals surface area contributed by atoms with Crippen LogP contribution in [0.2, 0.25) is 0 Å².